The Bertz CT molecular complexity index is 1260. The van der Waals surface area contributed by atoms with E-state index in [4.69, 9.17) is 16.1 Å². The maximum Gasteiger partial charge on any atom is 0.241 e. The fourth-order valence-electron chi connectivity index (χ4n) is 5.50. The van der Waals surface area contributed by atoms with Crippen LogP contribution in [0, 0.1) is 12.8 Å². The molecule has 1 unspecified atom stereocenters. The first kappa shape index (κ1) is 26.7. The van der Waals surface area contributed by atoms with Crippen LogP contribution in [0.4, 0.5) is 5.69 Å². The fourth-order valence-corrected chi connectivity index (χ4v) is 5.66. The van der Waals surface area contributed by atoms with Crippen molar-refractivity contribution in [2.75, 3.05) is 44.2 Å². The van der Waals surface area contributed by atoms with Crippen LogP contribution in [0.25, 0.3) is 11.4 Å². The summed E-state index contributed by atoms with van der Waals surface area (Å²) in [6, 6.07) is 14.4. The Hall–Kier alpha value is -2.90. The summed E-state index contributed by atoms with van der Waals surface area (Å²) in [5, 5.41) is 4.96. The SMILES string of the molecule is Cc1ccc(Cl)cc1N1CCN(C(=O)C2CCCN(Cc3nc(-c4ccc(C(C)(C)C)cc4)no3)C2)CC1. The predicted octanol–water partition coefficient (Wildman–Crippen LogP) is 5.56. The van der Waals surface area contributed by atoms with Gasteiger partial charge in [-0.2, -0.15) is 4.98 Å². The van der Waals surface area contributed by atoms with Gasteiger partial charge in [0.15, 0.2) is 0 Å². The van der Waals surface area contributed by atoms with Crippen LogP contribution in [0.1, 0.15) is 50.6 Å². The van der Waals surface area contributed by atoms with Crippen molar-refractivity contribution >= 4 is 23.2 Å². The van der Waals surface area contributed by atoms with Gasteiger partial charge in [-0.05, 0) is 55.0 Å². The van der Waals surface area contributed by atoms with Crippen molar-refractivity contribution in [3.8, 4) is 11.4 Å². The first-order valence-electron chi connectivity index (χ1n) is 13.6. The third-order valence-corrected chi connectivity index (χ3v) is 8.03. The number of piperazine rings is 1. The molecule has 0 aliphatic carbocycles. The summed E-state index contributed by atoms with van der Waals surface area (Å²) in [4.78, 5) is 24.7. The van der Waals surface area contributed by atoms with E-state index in [0.717, 1.165) is 68.4 Å². The van der Waals surface area contributed by atoms with Crippen LogP contribution in [0.3, 0.4) is 0 Å². The van der Waals surface area contributed by atoms with Crippen LogP contribution in [0.15, 0.2) is 47.0 Å². The molecule has 2 aliphatic heterocycles. The molecule has 0 spiro atoms. The lowest BCUT2D eigenvalue weighted by Gasteiger charge is -2.40. The Morgan fingerprint density at radius 2 is 1.79 bits per heavy atom. The number of hydrogen-bond donors (Lipinski definition) is 0. The number of nitrogens with zero attached hydrogens (tertiary/aromatic N) is 5. The molecular weight excluding hydrogens is 498 g/mol. The van der Waals surface area contributed by atoms with Gasteiger partial charge in [-0.3, -0.25) is 9.69 Å². The van der Waals surface area contributed by atoms with E-state index in [-0.39, 0.29) is 17.2 Å². The van der Waals surface area contributed by atoms with Crippen molar-refractivity contribution in [1.29, 1.82) is 0 Å². The minimum atomic E-state index is 0.00976. The van der Waals surface area contributed by atoms with Gasteiger partial charge in [-0.25, -0.2) is 0 Å². The van der Waals surface area contributed by atoms with E-state index in [0.29, 0.717) is 18.3 Å². The standard InChI is InChI=1S/C30H38ClN5O2/c1-21-7-12-25(31)18-26(21)35-14-16-36(17-15-35)29(37)23-6-5-13-34(19-23)20-27-32-28(33-38-27)22-8-10-24(11-9-22)30(2,3)4/h7-12,18,23H,5-6,13-17,19-20H2,1-4H3. The van der Waals surface area contributed by atoms with Gasteiger partial charge in [-0.15, -0.1) is 0 Å². The zero-order valence-corrected chi connectivity index (χ0v) is 23.7. The zero-order chi connectivity index (χ0) is 26.9. The molecule has 0 radical (unpaired) electrons. The lowest BCUT2D eigenvalue weighted by atomic mass is 9.87. The minimum Gasteiger partial charge on any atom is -0.368 e. The second-order valence-electron chi connectivity index (χ2n) is 11.7. The van der Waals surface area contributed by atoms with E-state index in [1.54, 1.807) is 0 Å². The number of aromatic nitrogens is 2. The second-order valence-corrected chi connectivity index (χ2v) is 12.1. The topological polar surface area (TPSA) is 65.7 Å². The van der Waals surface area contributed by atoms with E-state index in [2.05, 4.69) is 78.0 Å². The summed E-state index contributed by atoms with van der Waals surface area (Å²) in [6.45, 7) is 14.1. The van der Waals surface area contributed by atoms with Gasteiger partial charge in [0, 0.05) is 49.0 Å². The number of carbonyl (C=O) groups excluding carboxylic acids is 1. The highest BCUT2D eigenvalue weighted by Crippen LogP contribution is 2.28. The molecule has 3 aromatic rings. The molecule has 1 amide bonds. The van der Waals surface area contributed by atoms with Crippen LogP contribution in [-0.4, -0.2) is 65.1 Å². The third-order valence-electron chi connectivity index (χ3n) is 7.79. The van der Waals surface area contributed by atoms with Crippen molar-refractivity contribution in [2.45, 2.75) is 52.5 Å². The predicted molar refractivity (Wildman–Crippen MR) is 151 cm³/mol. The molecular formula is C30H38ClN5O2. The molecule has 2 fully saturated rings. The van der Waals surface area contributed by atoms with Crippen LogP contribution in [-0.2, 0) is 16.8 Å². The van der Waals surface area contributed by atoms with Crippen molar-refractivity contribution in [3.63, 3.8) is 0 Å². The van der Waals surface area contributed by atoms with Crippen LogP contribution in [0.2, 0.25) is 5.02 Å². The maximum absolute atomic E-state index is 13.4. The molecule has 3 heterocycles. The van der Waals surface area contributed by atoms with E-state index in [1.807, 2.05) is 17.0 Å². The van der Waals surface area contributed by atoms with Crippen LogP contribution >= 0.6 is 11.6 Å². The number of aryl methyl sites for hydroxylation is 1. The number of piperidine rings is 1. The highest BCUT2D eigenvalue weighted by atomic mass is 35.5. The number of anilines is 1. The average Bonchev–Trinajstić information content (AvgIpc) is 3.38. The summed E-state index contributed by atoms with van der Waals surface area (Å²) in [5.41, 5.74) is 4.70. The molecule has 202 valence electrons. The summed E-state index contributed by atoms with van der Waals surface area (Å²) < 4.78 is 5.59. The maximum atomic E-state index is 13.4. The Morgan fingerprint density at radius 1 is 1.05 bits per heavy atom. The normalized spacial score (nSPS) is 19.1. The molecule has 7 nitrogen and oxygen atoms in total. The highest BCUT2D eigenvalue weighted by molar-refractivity contribution is 6.30. The smallest absolute Gasteiger partial charge is 0.241 e. The summed E-state index contributed by atoms with van der Waals surface area (Å²) >= 11 is 6.23. The van der Waals surface area contributed by atoms with Crippen molar-refractivity contribution in [3.05, 3.63) is 64.5 Å². The molecule has 1 aromatic heterocycles. The lowest BCUT2D eigenvalue weighted by molar-refractivity contribution is -0.137. The number of benzene rings is 2. The highest BCUT2D eigenvalue weighted by Gasteiger charge is 2.32. The molecule has 0 bridgehead atoms. The molecule has 2 aliphatic rings. The quantitative estimate of drug-likeness (QED) is 0.426. The molecule has 0 N–H and O–H groups in total. The lowest BCUT2D eigenvalue weighted by Crippen LogP contribution is -2.52. The monoisotopic (exact) mass is 535 g/mol. The van der Waals surface area contributed by atoms with E-state index in [1.165, 1.54) is 11.1 Å². The molecule has 1 atom stereocenters. The Labute approximate surface area is 230 Å². The van der Waals surface area contributed by atoms with Crippen LogP contribution < -0.4 is 4.90 Å². The molecule has 2 saturated heterocycles. The van der Waals surface area contributed by atoms with Gasteiger partial charge < -0.3 is 14.3 Å². The average molecular weight is 536 g/mol. The van der Waals surface area contributed by atoms with Gasteiger partial charge in [0.05, 0.1) is 12.5 Å². The van der Waals surface area contributed by atoms with E-state index < -0.39 is 0 Å². The van der Waals surface area contributed by atoms with Crippen molar-refractivity contribution in [1.82, 2.24) is 19.9 Å². The Balaban J connectivity index is 1.15. The minimum absolute atomic E-state index is 0.00976. The second kappa shape index (κ2) is 11.1. The molecule has 2 aromatic carbocycles. The first-order valence-corrected chi connectivity index (χ1v) is 14.0. The molecule has 0 saturated carbocycles. The number of hydrogen-bond acceptors (Lipinski definition) is 6. The summed E-state index contributed by atoms with van der Waals surface area (Å²) in [5.74, 6) is 1.48. The van der Waals surface area contributed by atoms with Crippen LogP contribution in [0.5, 0.6) is 0 Å². The summed E-state index contributed by atoms with van der Waals surface area (Å²) in [6.07, 6.45) is 1.92. The summed E-state index contributed by atoms with van der Waals surface area (Å²) in [7, 11) is 0. The molecule has 5 rings (SSSR count). The third kappa shape index (κ3) is 6.05. The van der Waals surface area contributed by atoms with Crippen molar-refractivity contribution < 1.29 is 9.32 Å². The van der Waals surface area contributed by atoms with Gasteiger partial charge in [0.1, 0.15) is 0 Å². The Kier molecular flexibility index (Phi) is 7.78. The number of halogens is 1. The number of amides is 1. The van der Waals surface area contributed by atoms with Gasteiger partial charge in [0.25, 0.3) is 0 Å². The largest absolute Gasteiger partial charge is 0.368 e. The van der Waals surface area contributed by atoms with Gasteiger partial charge in [0.2, 0.25) is 17.6 Å². The van der Waals surface area contributed by atoms with Crippen molar-refractivity contribution in [2.24, 2.45) is 5.92 Å². The number of carbonyl (C=O) groups is 1. The number of likely N-dealkylation sites (tertiary alicyclic amines) is 1. The fraction of sp³-hybridized carbons (Fsp3) is 0.500. The number of rotatable bonds is 5. The van der Waals surface area contributed by atoms with Gasteiger partial charge in [-0.1, -0.05) is 67.9 Å². The van der Waals surface area contributed by atoms with Gasteiger partial charge >= 0.3 is 0 Å². The zero-order valence-electron chi connectivity index (χ0n) is 22.9. The molecule has 38 heavy (non-hydrogen) atoms. The molecule has 8 heteroatoms. The first-order chi connectivity index (χ1) is 18.2. The Morgan fingerprint density at radius 3 is 2.50 bits per heavy atom. The van der Waals surface area contributed by atoms with E-state index >= 15 is 0 Å². The van der Waals surface area contributed by atoms with E-state index in [9.17, 15) is 4.79 Å².